The lowest BCUT2D eigenvalue weighted by atomic mass is 9.93. The number of pyridine rings is 1. The summed E-state index contributed by atoms with van der Waals surface area (Å²) in [6.45, 7) is 0. The molecule has 4 aromatic rings. The van der Waals surface area contributed by atoms with E-state index < -0.39 is 33.2 Å². The third kappa shape index (κ3) is 3.22. The summed E-state index contributed by atoms with van der Waals surface area (Å²) in [5.74, 6) is -1.97. The van der Waals surface area contributed by atoms with Crippen LogP contribution >= 0.6 is 0 Å². The zero-order chi connectivity index (χ0) is 22.5. The smallest absolute Gasteiger partial charge is 0.327 e. The summed E-state index contributed by atoms with van der Waals surface area (Å²) in [7, 11) is -3.98. The van der Waals surface area contributed by atoms with E-state index in [-0.39, 0.29) is 5.03 Å². The molecule has 0 radical (unpaired) electrons. The first-order valence-electron chi connectivity index (χ1n) is 10.1. The van der Waals surface area contributed by atoms with Gasteiger partial charge in [-0.2, -0.15) is 0 Å². The monoisotopic (exact) mass is 445 g/mol. The number of carbonyl (C=O) groups is 1. The van der Waals surface area contributed by atoms with Gasteiger partial charge in [-0.1, -0.05) is 72.8 Å². The molecule has 0 aliphatic carbocycles. The van der Waals surface area contributed by atoms with E-state index in [1.807, 2.05) is 48.5 Å². The molecule has 0 saturated carbocycles. The second kappa shape index (κ2) is 7.46. The molecule has 160 valence electrons. The molecule has 0 saturated heterocycles. The lowest BCUT2D eigenvalue weighted by Crippen LogP contribution is -2.29. The van der Waals surface area contributed by atoms with Gasteiger partial charge in [0.2, 0.25) is 0 Å². The van der Waals surface area contributed by atoms with Crippen LogP contribution in [0.25, 0.3) is 21.9 Å². The Morgan fingerprint density at radius 2 is 1.62 bits per heavy atom. The molecule has 0 fully saturated rings. The van der Waals surface area contributed by atoms with E-state index in [0.717, 1.165) is 20.9 Å². The number of benzene rings is 3. The zero-order valence-corrected chi connectivity index (χ0v) is 17.7. The molecule has 5 rings (SSSR count). The Labute approximate surface area is 184 Å². The van der Waals surface area contributed by atoms with Gasteiger partial charge in [0.05, 0.1) is 5.75 Å². The van der Waals surface area contributed by atoms with Crippen LogP contribution in [0.3, 0.4) is 0 Å². The molecule has 1 N–H and O–H groups in total. The van der Waals surface area contributed by atoms with Crippen LogP contribution in [0.5, 0.6) is 0 Å². The maximum atomic E-state index is 13.1. The summed E-state index contributed by atoms with van der Waals surface area (Å²) < 4.78 is 27.1. The predicted octanol–water partition coefficient (Wildman–Crippen LogP) is 3.67. The number of rotatable bonds is 4. The fourth-order valence-electron chi connectivity index (χ4n) is 4.50. The third-order valence-corrected chi connectivity index (χ3v) is 7.63. The summed E-state index contributed by atoms with van der Waals surface area (Å²) in [6, 6.07) is 22.6. The summed E-state index contributed by atoms with van der Waals surface area (Å²) in [5, 5.41) is 11.4. The molecule has 1 aliphatic rings. The topological polar surface area (TPSA) is 93.4 Å². The molecule has 0 amide bonds. The lowest BCUT2D eigenvalue weighted by molar-refractivity contribution is -0.140. The zero-order valence-electron chi connectivity index (χ0n) is 16.9. The normalized spacial score (nSPS) is 16.7. The van der Waals surface area contributed by atoms with E-state index in [1.165, 1.54) is 6.07 Å². The highest BCUT2D eigenvalue weighted by Crippen LogP contribution is 2.38. The van der Waals surface area contributed by atoms with Gasteiger partial charge in [0.1, 0.15) is 11.1 Å². The molecule has 0 unspecified atom stereocenters. The van der Waals surface area contributed by atoms with Crippen molar-refractivity contribution < 1.29 is 18.3 Å². The molecule has 32 heavy (non-hydrogen) atoms. The second-order valence-corrected chi connectivity index (χ2v) is 9.82. The highest BCUT2D eigenvalue weighted by molar-refractivity contribution is 7.91. The average Bonchev–Trinajstić information content (AvgIpc) is 3.07. The molecule has 1 aromatic heterocycles. The van der Waals surface area contributed by atoms with E-state index >= 15 is 0 Å². The first-order valence-corrected chi connectivity index (χ1v) is 11.8. The third-order valence-electron chi connectivity index (χ3n) is 5.88. The molecular formula is C25H19NO5S. The minimum Gasteiger partial charge on any atom is -0.480 e. The van der Waals surface area contributed by atoms with E-state index in [1.54, 1.807) is 24.3 Å². The maximum Gasteiger partial charge on any atom is 0.327 e. The fourth-order valence-corrected chi connectivity index (χ4v) is 6.44. The van der Waals surface area contributed by atoms with Crippen LogP contribution in [0.2, 0.25) is 0 Å². The number of hydrogen-bond acceptors (Lipinski definition) is 4. The van der Waals surface area contributed by atoms with Crippen molar-refractivity contribution in [3.63, 3.8) is 0 Å². The van der Waals surface area contributed by atoms with Crippen LogP contribution in [0.15, 0.2) is 88.7 Å². The summed E-state index contributed by atoms with van der Waals surface area (Å²) in [4.78, 5) is 24.8. The molecule has 2 heterocycles. The Bertz CT molecular complexity index is 1530. The van der Waals surface area contributed by atoms with Crippen LogP contribution in [0.1, 0.15) is 17.2 Å². The van der Waals surface area contributed by atoms with Crippen LogP contribution in [-0.4, -0.2) is 29.8 Å². The number of nitrogens with zero attached hydrogens (tertiary/aromatic N) is 1. The van der Waals surface area contributed by atoms with E-state index in [9.17, 15) is 23.1 Å². The fraction of sp³-hybridized carbons (Fsp3) is 0.120. The van der Waals surface area contributed by atoms with Crippen molar-refractivity contribution in [3.05, 3.63) is 100 Å². The van der Waals surface area contributed by atoms with Gasteiger partial charge in [-0.3, -0.25) is 9.36 Å². The van der Waals surface area contributed by atoms with E-state index in [4.69, 9.17) is 0 Å². The summed E-state index contributed by atoms with van der Waals surface area (Å²) in [5.41, 5.74) is 1.90. The molecule has 0 spiro atoms. The molecule has 3 aromatic carbocycles. The number of aliphatic carboxylic acids is 1. The Balaban J connectivity index is 1.82. The number of aromatic nitrogens is 1. The standard InChI is InChI=1S/C25H19NO5S/c27-22-14-19(13-18-11-6-10-16-7-4-5-12-20(16)18)23(17-8-2-1-3-9-17)24-26(22)21(25(28)29)15-32(24,30)31/h1-12,14,21H,13,15H2,(H,28,29)/t21-/m0/s1. The SMILES string of the molecule is O=C(O)[C@@H]1CS(=O)(=O)c2c(-c3ccccc3)c(Cc3cccc4ccccc34)cc(=O)n21. The van der Waals surface area contributed by atoms with Crippen LogP contribution in [0, 0.1) is 0 Å². The van der Waals surface area contributed by atoms with Crippen LogP contribution in [-0.2, 0) is 21.1 Å². The molecule has 1 aliphatic heterocycles. The van der Waals surface area contributed by atoms with Crippen LogP contribution < -0.4 is 5.56 Å². The van der Waals surface area contributed by atoms with Crippen molar-refractivity contribution in [2.75, 3.05) is 5.75 Å². The average molecular weight is 445 g/mol. The van der Waals surface area contributed by atoms with Gasteiger partial charge < -0.3 is 5.11 Å². The second-order valence-electron chi connectivity index (χ2n) is 7.87. The van der Waals surface area contributed by atoms with Gasteiger partial charge in [-0.05, 0) is 33.9 Å². The van der Waals surface area contributed by atoms with Crippen LogP contribution in [0.4, 0.5) is 0 Å². The first kappa shape index (κ1) is 20.2. The van der Waals surface area contributed by atoms with Gasteiger partial charge in [0, 0.05) is 11.6 Å². The van der Waals surface area contributed by atoms with Gasteiger partial charge in [0.15, 0.2) is 9.84 Å². The predicted molar refractivity (Wildman–Crippen MR) is 122 cm³/mol. The molecular weight excluding hydrogens is 426 g/mol. The number of fused-ring (bicyclic) bond motifs is 2. The Kier molecular flexibility index (Phi) is 4.71. The highest BCUT2D eigenvalue weighted by Gasteiger charge is 2.42. The highest BCUT2D eigenvalue weighted by atomic mass is 32.2. The van der Waals surface area contributed by atoms with Crippen molar-refractivity contribution >= 4 is 26.6 Å². The molecule has 7 heteroatoms. The van der Waals surface area contributed by atoms with Gasteiger partial charge in [0.25, 0.3) is 5.56 Å². The number of sulfone groups is 1. The first-order chi connectivity index (χ1) is 15.4. The van der Waals surface area contributed by atoms with Gasteiger partial charge in [-0.25, -0.2) is 13.2 Å². The minimum atomic E-state index is -3.98. The minimum absolute atomic E-state index is 0.209. The molecule has 1 atom stereocenters. The lowest BCUT2D eigenvalue weighted by Gasteiger charge is -2.17. The van der Waals surface area contributed by atoms with E-state index in [0.29, 0.717) is 23.1 Å². The van der Waals surface area contributed by atoms with Gasteiger partial charge in [-0.15, -0.1) is 0 Å². The largest absolute Gasteiger partial charge is 0.480 e. The summed E-state index contributed by atoms with van der Waals surface area (Å²) >= 11 is 0. The Morgan fingerprint density at radius 1 is 0.938 bits per heavy atom. The quantitative estimate of drug-likeness (QED) is 0.517. The number of hydrogen-bond donors (Lipinski definition) is 1. The summed E-state index contributed by atoms with van der Waals surface area (Å²) in [6.07, 6.45) is 0.335. The van der Waals surface area contributed by atoms with Crippen molar-refractivity contribution in [2.24, 2.45) is 0 Å². The van der Waals surface area contributed by atoms with E-state index in [2.05, 4.69) is 0 Å². The van der Waals surface area contributed by atoms with Crippen molar-refractivity contribution in [2.45, 2.75) is 17.5 Å². The molecule has 0 bridgehead atoms. The maximum absolute atomic E-state index is 13.1. The Hall–Kier alpha value is -3.71. The number of carboxylic acid groups (broad SMARTS) is 1. The van der Waals surface area contributed by atoms with Gasteiger partial charge >= 0.3 is 5.97 Å². The van der Waals surface area contributed by atoms with Crippen molar-refractivity contribution in [3.8, 4) is 11.1 Å². The molecule has 6 nitrogen and oxygen atoms in total. The van der Waals surface area contributed by atoms with Crippen molar-refractivity contribution in [1.29, 1.82) is 0 Å². The van der Waals surface area contributed by atoms with Crippen molar-refractivity contribution in [1.82, 2.24) is 4.57 Å². The Morgan fingerprint density at radius 3 is 2.38 bits per heavy atom. The number of carboxylic acids is 1.